The SMILES string of the molecule is C=C(C)C(=O)OCC(CC)OC(=O)c1ccc(C(=O)O)cc1C(=O)O. The summed E-state index contributed by atoms with van der Waals surface area (Å²) in [6.45, 7) is 6.38. The molecule has 0 saturated carbocycles. The highest BCUT2D eigenvalue weighted by Gasteiger charge is 2.23. The van der Waals surface area contributed by atoms with E-state index in [1.165, 1.54) is 6.92 Å². The highest BCUT2D eigenvalue weighted by Crippen LogP contribution is 2.16. The van der Waals surface area contributed by atoms with Crippen LogP contribution < -0.4 is 0 Å². The summed E-state index contributed by atoms with van der Waals surface area (Å²) >= 11 is 0. The Kier molecular flexibility index (Phi) is 6.86. The van der Waals surface area contributed by atoms with Gasteiger partial charge in [-0.05, 0) is 31.5 Å². The van der Waals surface area contributed by atoms with E-state index in [-0.39, 0.29) is 23.3 Å². The van der Waals surface area contributed by atoms with Crippen molar-refractivity contribution in [2.24, 2.45) is 0 Å². The molecule has 0 saturated heterocycles. The van der Waals surface area contributed by atoms with Gasteiger partial charge in [-0.2, -0.15) is 0 Å². The third-order valence-electron chi connectivity index (χ3n) is 3.19. The normalized spacial score (nSPS) is 11.3. The maximum Gasteiger partial charge on any atom is 0.339 e. The summed E-state index contributed by atoms with van der Waals surface area (Å²) < 4.78 is 10.1. The summed E-state index contributed by atoms with van der Waals surface area (Å²) in [5.74, 6) is -4.36. The third-order valence-corrected chi connectivity index (χ3v) is 3.19. The summed E-state index contributed by atoms with van der Waals surface area (Å²) in [7, 11) is 0. The molecule has 0 aromatic heterocycles. The summed E-state index contributed by atoms with van der Waals surface area (Å²) in [4.78, 5) is 45.8. The van der Waals surface area contributed by atoms with Crippen LogP contribution in [-0.4, -0.2) is 46.8 Å². The van der Waals surface area contributed by atoms with Crippen LogP contribution in [0.2, 0.25) is 0 Å². The zero-order valence-electron chi connectivity index (χ0n) is 13.8. The molecule has 134 valence electrons. The van der Waals surface area contributed by atoms with E-state index in [9.17, 15) is 19.2 Å². The molecule has 0 aliphatic heterocycles. The van der Waals surface area contributed by atoms with Crippen molar-refractivity contribution < 1.29 is 38.9 Å². The maximum absolute atomic E-state index is 12.2. The van der Waals surface area contributed by atoms with Gasteiger partial charge in [-0.25, -0.2) is 19.2 Å². The first kappa shape index (κ1) is 19.9. The first-order valence-corrected chi connectivity index (χ1v) is 7.31. The van der Waals surface area contributed by atoms with Crippen molar-refractivity contribution in [3.8, 4) is 0 Å². The molecule has 1 aromatic carbocycles. The van der Waals surface area contributed by atoms with Gasteiger partial charge in [0.2, 0.25) is 0 Å². The van der Waals surface area contributed by atoms with E-state index in [1.54, 1.807) is 6.92 Å². The molecule has 1 rings (SSSR count). The Balaban J connectivity index is 2.94. The van der Waals surface area contributed by atoms with E-state index >= 15 is 0 Å². The Bertz CT molecular complexity index is 719. The number of aromatic carboxylic acids is 2. The van der Waals surface area contributed by atoms with E-state index in [0.717, 1.165) is 18.2 Å². The van der Waals surface area contributed by atoms with Crippen molar-refractivity contribution >= 4 is 23.9 Å². The number of ether oxygens (including phenoxy) is 2. The van der Waals surface area contributed by atoms with Crippen LogP contribution in [-0.2, 0) is 14.3 Å². The van der Waals surface area contributed by atoms with Gasteiger partial charge in [-0.1, -0.05) is 13.5 Å². The van der Waals surface area contributed by atoms with Crippen molar-refractivity contribution in [2.75, 3.05) is 6.61 Å². The molecular weight excluding hydrogens is 332 g/mol. The van der Waals surface area contributed by atoms with Crippen molar-refractivity contribution in [3.05, 3.63) is 47.0 Å². The number of benzene rings is 1. The van der Waals surface area contributed by atoms with Crippen LogP contribution in [0.4, 0.5) is 0 Å². The molecule has 0 spiro atoms. The second kappa shape index (κ2) is 8.62. The molecule has 25 heavy (non-hydrogen) atoms. The lowest BCUT2D eigenvalue weighted by Gasteiger charge is -2.17. The van der Waals surface area contributed by atoms with Crippen LogP contribution in [0.3, 0.4) is 0 Å². The Hall–Kier alpha value is -3.16. The van der Waals surface area contributed by atoms with Gasteiger partial charge in [0, 0.05) is 5.57 Å². The van der Waals surface area contributed by atoms with Gasteiger partial charge < -0.3 is 19.7 Å². The molecule has 0 aliphatic rings. The highest BCUT2D eigenvalue weighted by molar-refractivity contribution is 6.04. The molecule has 8 heteroatoms. The van der Waals surface area contributed by atoms with Crippen LogP contribution in [0.5, 0.6) is 0 Å². The molecule has 0 heterocycles. The van der Waals surface area contributed by atoms with Gasteiger partial charge in [-0.15, -0.1) is 0 Å². The van der Waals surface area contributed by atoms with Gasteiger partial charge in [0.25, 0.3) is 0 Å². The maximum atomic E-state index is 12.2. The second-order valence-electron chi connectivity index (χ2n) is 5.19. The third kappa shape index (κ3) is 5.45. The number of carbonyl (C=O) groups excluding carboxylic acids is 2. The predicted molar refractivity (Wildman–Crippen MR) is 85.6 cm³/mol. The lowest BCUT2D eigenvalue weighted by atomic mass is 10.0. The number of rotatable bonds is 8. The van der Waals surface area contributed by atoms with E-state index < -0.39 is 35.5 Å². The minimum Gasteiger partial charge on any atom is -0.478 e. The van der Waals surface area contributed by atoms with E-state index in [2.05, 4.69) is 6.58 Å². The molecule has 1 unspecified atom stereocenters. The van der Waals surface area contributed by atoms with Gasteiger partial charge in [-0.3, -0.25) is 0 Å². The van der Waals surface area contributed by atoms with E-state index in [1.807, 2.05) is 0 Å². The van der Waals surface area contributed by atoms with Gasteiger partial charge in [0.05, 0.1) is 16.7 Å². The van der Waals surface area contributed by atoms with Crippen LogP contribution in [0.1, 0.15) is 51.3 Å². The van der Waals surface area contributed by atoms with Crippen LogP contribution in [0, 0.1) is 0 Å². The zero-order chi connectivity index (χ0) is 19.1. The first-order chi connectivity index (χ1) is 11.7. The quantitative estimate of drug-likeness (QED) is 0.539. The minimum atomic E-state index is -1.46. The van der Waals surface area contributed by atoms with Gasteiger partial charge in [0.15, 0.2) is 0 Å². The van der Waals surface area contributed by atoms with Crippen LogP contribution >= 0.6 is 0 Å². The highest BCUT2D eigenvalue weighted by atomic mass is 16.6. The predicted octanol–water partition coefficient (Wildman–Crippen LogP) is 2.14. The Morgan fingerprint density at radius 2 is 1.76 bits per heavy atom. The van der Waals surface area contributed by atoms with Crippen molar-refractivity contribution in [1.29, 1.82) is 0 Å². The smallest absolute Gasteiger partial charge is 0.339 e. The van der Waals surface area contributed by atoms with Crippen molar-refractivity contribution in [1.82, 2.24) is 0 Å². The molecule has 0 radical (unpaired) electrons. The Labute approximate surface area is 143 Å². The molecule has 0 fully saturated rings. The Morgan fingerprint density at radius 3 is 2.24 bits per heavy atom. The monoisotopic (exact) mass is 350 g/mol. The second-order valence-corrected chi connectivity index (χ2v) is 5.19. The summed E-state index contributed by atoms with van der Waals surface area (Å²) in [6.07, 6.45) is -0.457. The fourth-order valence-corrected chi connectivity index (χ4v) is 1.77. The van der Waals surface area contributed by atoms with Gasteiger partial charge in [0.1, 0.15) is 12.7 Å². The lowest BCUT2D eigenvalue weighted by molar-refractivity contribution is -0.142. The molecule has 1 atom stereocenters. The Morgan fingerprint density at radius 1 is 1.12 bits per heavy atom. The topological polar surface area (TPSA) is 127 Å². The number of carboxylic acids is 2. The molecule has 8 nitrogen and oxygen atoms in total. The number of hydrogen-bond donors (Lipinski definition) is 2. The molecule has 0 bridgehead atoms. The van der Waals surface area contributed by atoms with Crippen molar-refractivity contribution in [2.45, 2.75) is 26.4 Å². The number of esters is 2. The van der Waals surface area contributed by atoms with Gasteiger partial charge >= 0.3 is 23.9 Å². The fourth-order valence-electron chi connectivity index (χ4n) is 1.77. The van der Waals surface area contributed by atoms with E-state index in [0.29, 0.717) is 6.42 Å². The van der Waals surface area contributed by atoms with Crippen LogP contribution in [0.25, 0.3) is 0 Å². The lowest BCUT2D eigenvalue weighted by Crippen LogP contribution is -2.26. The van der Waals surface area contributed by atoms with Crippen molar-refractivity contribution in [3.63, 3.8) is 0 Å². The largest absolute Gasteiger partial charge is 0.478 e. The van der Waals surface area contributed by atoms with E-state index in [4.69, 9.17) is 19.7 Å². The first-order valence-electron chi connectivity index (χ1n) is 7.31. The fraction of sp³-hybridized carbons (Fsp3) is 0.294. The molecule has 1 aromatic rings. The minimum absolute atomic E-state index is 0.193. The molecular formula is C17H18O8. The zero-order valence-corrected chi connectivity index (χ0v) is 13.8. The van der Waals surface area contributed by atoms with Crippen LogP contribution in [0.15, 0.2) is 30.4 Å². The average Bonchev–Trinajstić information content (AvgIpc) is 2.56. The number of hydrogen-bond acceptors (Lipinski definition) is 6. The standard InChI is InChI=1S/C17H18O8/c1-4-11(8-24-16(22)9(2)3)25-17(23)12-6-5-10(14(18)19)7-13(12)15(20)21/h5-7,11H,2,4,8H2,1,3H3,(H,18,19)(H,20,21). The summed E-state index contributed by atoms with van der Waals surface area (Å²) in [5, 5.41) is 18.1. The number of carbonyl (C=O) groups is 4. The summed E-state index contributed by atoms with van der Waals surface area (Å²) in [6, 6.07) is 3.05. The average molecular weight is 350 g/mol. The molecule has 0 aliphatic carbocycles. The molecule has 0 amide bonds. The summed E-state index contributed by atoms with van der Waals surface area (Å²) in [5.41, 5.74) is -0.851. The number of carboxylic acid groups (broad SMARTS) is 2. The molecule has 2 N–H and O–H groups in total.